The van der Waals surface area contributed by atoms with E-state index in [-0.39, 0.29) is 24.7 Å². The Morgan fingerprint density at radius 3 is 2.67 bits per heavy atom. The Kier molecular flexibility index (Phi) is 3.28. The lowest BCUT2D eigenvalue weighted by atomic mass is 10.3. The molecule has 1 saturated heterocycles. The van der Waals surface area contributed by atoms with Gasteiger partial charge in [-0.25, -0.2) is 0 Å². The van der Waals surface area contributed by atoms with Gasteiger partial charge in [-0.3, -0.25) is 14.2 Å². The van der Waals surface area contributed by atoms with Crippen LogP contribution in [0.5, 0.6) is 0 Å². The van der Waals surface area contributed by atoms with Crippen LogP contribution in [0.1, 0.15) is 0 Å². The number of carbonyl (C=O) groups excluding carboxylic acids is 2. The maximum Gasteiger partial charge on any atom is 0.331 e. The molecular formula is C7H11N2O5P. The first-order valence-corrected chi connectivity index (χ1v) is 5.89. The average Bonchev–Trinajstić information content (AvgIpc) is 2.06. The van der Waals surface area contributed by atoms with Gasteiger partial charge in [0.15, 0.2) is 0 Å². The summed E-state index contributed by atoms with van der Waals surface area (Å²) in [7, 11) is -4.26. The molecule has 1 rings (SSSR count). The van der Waals surface area contributed by atoms with Gasteiger partial charge < -0.3 is 20.0 Å². The second-order valence-corrected chi connectivity index (χ2v) is 4.79. The second kappa shape index (κ2) is 4.14. The summed E-state index contributed by atoms with van der Waals surface area (Å²) in [5.41, 5.74) is -0.0387. The summed E-state index contributed by atoms with van der Waals surface area (Å²) in [6.07, 6.45) is -0.619. The number of hydrogen-bond donors (Lipinski definition) is 3. The van der Waals surface area contributed by atoms with Gasteiger partial charge in [0.25, 0.3) is 0 Å². The molecule has 3 N–H and O–H groups in total. The van der Waals surface area contributed by atoms with Gasteiger partial charge >= 0.3 is 7.60 Å². The fraction of sp³-hybridized carbons (Fsp3) is 0.429. The molecule has 0 aromatic rings. The molecule has 0 aromatic carbocycles. The Hall–Kier alpha value is -1.17. The fourth-order valence-corrected chi connectivity index (χ4v) is 1.81. The molecule has 0 radical (unpaired) electrons. The van der Waals surface area contributed by atoms with Crippen LogP contribution in [0.25, 0.3) is 0 Å². The summed E-state index contributed by atoms with van der Waals surface area (Å²) in [6.45, 7) is 2.98. The first-order valence-electron chi connectivity index (χ1n) is 4.09. The predicted molar refractivity (Wildman–Crippen MR) is 50.8 cm³/mol. The number of piperazine rings is 1. The van der Waals surface area contributed by atoms with Crippen molar-refractivity contribution in [1.29, 1.82) is 0 Å². The van der Waals surface area contributed by atoms with Gasteiger partial charge in [0.2, 0.25) is 11.8 Å². The van der Waals surface area contributed by atoms with E-state index in [4.69, 9.17) is 9.79 Å². The van der Waals surface area contributed by atoms with E-state index < -0.39 is 19.7 Å². The molecule has 0 aromatic heterocycles. The van der Waals surface area contributed by atoms with E-state index in [2.05, 4.69) is 11.9 Å². The van der Waals surface area contributed by atoms with Gasteiger partial charge in [-0.1, -0.05) is 6.58 Å². The Labute approximate surface area is 85.9 Å². The highest BCUT2D eigenvalue weighted by Gasteiger charge is 2.28. The van der Waals surface area contributed by atoms with E-state index in [9.17, 15) is 14.2 Å². The summed E-state index contributed by atoms with van der Waals surface area (Å²) in [4.78, 5) is 40.6. The quantitative estimate of drug-likeness (QED) is 0.522. The minimum absolute atomic E-state index is 0.0387. The molecule has 0 bridgehead atoms. The second-order valence-electron chi connectivity index (χ2n) is 3.15. The highest BCUT2D eigenvalue weighted by atomic mass is 31.2. The highest BCUT2D eigenvalue weighted by molar-refractivity contribution is 7.52. The lowest BCUT2D eigenvalue weighted by Gasteiger charge is -2.28. The third-order valence-corrected chi connectivity index (χ3v) is 2.59. The molecule has 0 saturated carbocycles. The number of nitrogens with zero attached hydrogens (tertiary/aromatic N) is 1. The largest absolute Gasteiger partial charge is 0.345 e. The number of carbonyl (C=O) groups is 2. The average molecular weight is 234 g/mol. The Morgan fingerprint density at radius 1 is 1.53 bits per heavy atom. The van der Waals surface area contributed by atoms with E-state index in [1.807, 2.05) is 0 Å². The Morgan fingerprint density at radius 2 is 2.13 bits per heavy atom. The minimum atomic E-state index is -4.26. The Balaban J connectivity index is 2.69. The summed E-state index contributed by atoms with van der Waals surface area (Å²) in [6, 6.07) is 0. The molecule has 15 heavy (non-hydrogen) atoms. The van der Waals surface area contributed by atoms with Crippen LogP contribution >= 0.6 is 7.60 Å². The smallest absolute Gasteiger partial charge is 0.331 e. The molecule has 0 atom stereocenters. The molecule has 0 aliphatic carbocycles. The van der Waals surface area contributed by atoms with Crippen molar-refractivity contribution in [1.82, 2.24) is 10.2 Å². The maximum absolute atomic E-state index is 11.3. The normalized spacial score (nSPS) is 17.6. The van der Waals surface area contributed by atoms with Crippen LogP contribution in [-0.4, -0.2) is 45.8 Å². The van der Waals surface area contributed by atoms with Gasteiger partial charge in [0.05, 0.1) is 12.7 Å². The van der Waals surface area contributed by atoms with Crippen LogP contribution in [-0.2, 0) is 14.2 Å². The standard InChI is InChI=1S/C7H11N2O5P/c1-5(4-15(12,13)14)9-3-6(10)8-2-7(9)11/h1-4H2,(H,8,10)(H2,12,13,14). The lowest BCUT2D eigenvalue weighted by molar-refractivity contribution is -0.138. The molecule has 8 heteroatoms. The van der Waals surface area contributed by atoms with Crippen molar-refractivity contribution in [2.24, 2.45) is 0 Å². The topological polar surface area (TPSA) is 107 Å². The molecule has 2 amide bonds. The number of hydrogen-bond acceptors (Lipinski definition) is 3. The van der Waals surface area contributed by atoms with Crippen molar-refractivity contribution < 1.29 is 23.9 Å². The summed E-state index contributed by atoms with van der Waals surface area (Å²) in [5.74, 6) is -0.797. The van der Waals surface area contributed by atoms with E-state index >= 15 is 0 Å². The predicted octanol–water partition coefficient (Wildman–Crippen LogP) is -1.36. The van der Waals surface area contributed by atoms with Crippen molar-refractivity contribution in [3.63, 3.8) is 0 Å². The van der Waals surface area contributed by atoms with Crippen molar-refractivity contribution in [2.45, 2.75) is 0 Å². The molecule has 0 spiro atoms. The third kappa shape index (κ3) is 3.47. The van der Waals surface area contributed by atoms with E-state index in [0.717, 1.165) is 4.90 Å². The molecule has 1 aliphatic heterocycles. The molecule has 1 fully saturated rings. The molecular weight excluding hydrogens is 223 g/mol. The molecule has 1 heterocycles. The van der Waals surface area contributed by atoms with Crippen molar-refractivity contribution in [3.8, 4) is 0 Å². The van der Waals surface area contributed by atoms with Crippen LogP contribution in [0.3, 0.4) is 0 Å². The van der Waals surface area contributed by atoms with Crippen LogP contribution in [0.2, 0.25) is 0 Å². The van der Waals surface area contributed by atoms with Gasteiger partial charge in [-0.15, -0.1) is 0 Å². The van der Waals surface area contributed by atoms with Crippen LogP contribution in [0.15, 0.2) is 12.3 Å². The van der Waals surface area contributed by atoms with E-state index in [1.54, 1.807) is 0 Å². The Bertz CT molecular complexity index is 360. The van der Waals surface area contributed by atoms with Crippen LogP contribution in [0, 0.1) is 0 Å². The maximum atomic E-state index is 11.3. The number of rotatable bonds is 3. The summed E-state index contributed by atoms with van der Waals surface area (Å²) >= 11 is 0. The van der Waals surface area contributed by atoms with Crippen molar-refractivity contribution in [3.05, 3.63) is 12.3 Å². The summed E-state index contributed by atoms with van der Waals surface area (Å²) in [5, 5.41) is 2.31. The lowest BCUT2D eigenvalue weighted by Crippen LogP contribution is -2.51. The van der Waals surface area contributed by atoms with Gasteiger partial charge in [-0.05, 0) is 0 Å². The van der Waals surface area contributed by atoms with E-state index in [0.29, 0.717) is 0 Å². The molecule has 7 nitrogen and oxygen atoms in total. The molecule has 84 valence electrons. The number of amides is 2. The van der Waals surface area contributed by atoms with Crippen molar-refractivity contribution >= 4 is 19.4 Å². The van der Waals surface area contributed by atoms with E-state index in [1.165, 1.54) is 0 Å². The number of allylic oxidation sites excluding steroid dienone is 1. The van der Waals surface area contributed by atoms with Crippen LogP contribution in [0.4, 0.5) is 0 Å². The zero-order valence-electron chi connectivity index (χ0n) is 7.84. The first-order chi connectivity index (χ1) is 6.79. The first kappa shape index (κ1) is 11.9. The molecule has 1 aliphatic rings. The minimum Gasteiger partial charge on any atom is -0.345 e. The number of nitrogens with one attached hydrogen (secondary N) is 1. The fourth-order valence-electron chi connectivity index (χ4n) is 1.17. The summed E-state index contributed by atoms with van der Waals surface area (Å²) < 4.78 is 10.7. The SMILES string of the molecule is C=C(CP(=O)(O)O)N1CC(=O)NCC1=O. The van der Waals surface area contributed by atoms with Gasteiger partial charge in [0, 0.05) is 5.70 Å². The molecule has 0 unspecified atom stereocenters. The zero-order valence-corrected chi connectivity index (χ0v) is 8.74. The van der Waals surface area contributed by atoms with Gasteiger partial charge in [0.1, 0.15) is 6.54 Å². The van der Waals surface area contributed by atoms with Crippen molar-refractivity contribution in [2.75, 3.05) is 19.3 Å². The third-order valence-electron chi connectivity index (χ3n) is 1.81. The highest BCUT2D eigenvalue weighted by Crippen LogP contribution is 2.37. The van der Waals surface area contributed by atoms with Crippen LogP contribution < -0.4 is 5.32 Å². The zero-order chi connectivity index (χ0) is 11.6. The van der Waals surface area contributed by atoms with Gasteiger partial charge in [-0.2, -0.15) is 0 Å². The monoisotopic (exact) mass is 234 g/mol.